The quantitative estimate of drug-likeness (QED) is 0.0350. The third-order valence-corrected chi connectivity index (χ3v) is 18.9. The topological polar surface area (TPSA) is 206 Å². The van der Waals surface area contributed by atoms with Gasteiger partial charge in [-0.3, -0.25) is 19.4 Å². The fourth-order valence-corrected chi connectivity index (χ4v) is 10.5. The smallest absolute Gasteiger partial charge is 0.255 e. The number of anilines is 3. The van der Waals surface area contributed by atoms with Crippen molar-refractivity contribution in [3.8, 4) is 23.3 Å². The maximum absolute atomic E-state index is 14.2. The van der Waals surface area contributed by atoms with Crippen molar-refractivity contribution in [2.75, 3.05) is 37.9 Å². The first kappa shape index (κ1) is 50.6. The highest BCUT2D eigenvalue weighted by Crippen LogP contribution is 2.42. The number of aryl methyl sites for hydroxylation is 1. The van der Waals surface area contributed by atoms with Crippen LogP contribution in [-0.2, 0) is 14.3 Å². The number of nitrogens with zero attached hydrogens (tertiary/aromatic N) is 2. The van der Waals surface area contributed by atoms with Crippen molar-refractivity contribution < 1.29 is 32.3 Å². The summed E-state index contributed by atoms with van der Waals surface area (Å²) >= 11 is 0. The molecular weight excluding hydrogens is 921 g/mol. The second-order valence-electron chi connectivity index (χ2n) is 18.8. The molecule has 5 aromatic carbocycles. The summed E-state index contributed by atoms with van der Waals surface area (Å²) in [6, 6.07) is 29.6. The van der Waals surface area contributed by atoms with E-state index in [1.54, 1.807) is 55.5 Å². The zero-order chi connectivity index (χ0) is 50.5. The third kappa shape index (κ3) is 11.4. The van der Waals surface area contributed by atoms with Crippen molar-refractivity contribution in [3.05, 3.63) is 154 Å². The lowest BCUT2D eigenvalue weighted by Crippen LogP contribution is -2.43. The molecule has 7 aromatic rings. The molecule has 0 aliphatic heterocycles. The van der Waals surface area contributed by atoms with Crippen LogP contribution < -0.4 is 26.7 Å². The van der Waals surface area contributed by atoms with Gasteiger partial charge in [-0.15, -0.1) is 0 Å². The summed E-state index contributed by atoms with van der Waals surface area (Å²) in [5.41, 5.74) is 10.1. The number of likely N-dealkylation sites (N-methyl/N-ethyl adjacent to an activating group) is 1. The van der Waals surface area contributed by atoms with E-state index in [2.05, 4.69) is 71.2 Å². The first-order valence-electron chi connectivity index (χ1n) is 22.8. The van der Waals surface area contributed by atoms with Gasteiger partial charge in [0.2, 0.25) is 15.4 Å². The number of pyridine rings is 2. The zero-order valence-corrected chi connectivity index (χ0v) is 42.4. The van der Waals surface area contributed by atoms with Crippen LogP contribution in [0.15, 0.2) is 130 Å². The SMILES string of the molecule is COc1cccc(Nc2c(C(N)=O)cnc3c(C)cc(S(=O)(=O)c4cccc(C(=O)Nc5ccc(C#CCCCN(C)C[C@H](O[Si](C)(C)C(C)(C)C)c6ccc(O)c7[nH]c(=O)ccc67)cc5)c4)cc23)c1. The molecule has 2 heterocycles. The second-order valence-corrected chi connectivity index (χ2v) is 25.5. The minimum atomic E-state index is -4.19. The van der Waals surface area contributed by atoms with Gasteiger partial charge in [0, 0.05) is 64.6 Å². The molecule has 362 valence electrons. The Balaban J connectivity index is 0.997. The van der Waals surface area contributed by atoms with Gasteiger partial charge in [-0.25, -0.2) is 8.42 Å². The summed E-state index contributed by atoms with van der Waals surface area (Å²) in [5, 5.41) is 17.7. The van der Waals surface area contributed by atoms with Crippen LogP contribution in [0.4, 0.5) is 17.1 Å². The van der Waals surface area contributed by atoms with Gasteiger partial charge in [-0.1, -0.05) is 50.8 Å². The Morgan fingerprint density at radius 1 is 0.929 bits per heavy atom. The molecule has 1 atom stereocenters. The Bertz CT molecular complexity index is 3360. The number of methoxy groups -OCH3 is 1. The van der Waals surface area contributed by atoms with E-state index in [1.165, 1.54) is 55.8 Å². The largest absolute Gasteiger partial charge is 0.506 e. The Kier molecular flexibility index (Phi) is 15.0. The molecule has 0 aliphatic rings. The number of unbranched alkanes of at least 4 members (excludes halogenated alkanes) is 1. The number of H-pyrrole nitrogens is 1. The number of aromatic amines is 1. The number of sulfone groups is 1. The summed E-state index contributed by atoms with van der Waals surface area (Å²) in [6.07, 6.45) is 2.51. The number of phenolic OH excluding ortho intramolecular Hbond substituents is 1. The average Bonchev–Trinajstić information content (AvgIpc) is 3.31. The van der Waals surface area contributed by atoms with E-state index in [0.717, 1.165) is 29.5 Å². The van der Waals surface area contributed by atoms with E-state index in [-0.39, 0.29) is 49.1 Å². The molecular formula is C54H58N6O8SSi. The van der Waals surface area contributed by atoms with Crippen molar-refractivity contribution >= 4 is 68.8 Å². The van der Waals surface area contributed by atoms with Crippen LogP contribution in [0.5, 0.6) is 11.5 Å². The number of primary amides is 1. The van der Waals surface area contributed by atoms with Gasteiger partial charge in [0.1, 0.15) is 11.5 Å². The maximum atomic E-state index is 14.2. The lowest BCUT2D eigenvalue weighted by atomic mass is 10.0. The first-order valence-corrected chi connectivity index (χ1v) is 27.2. The Labute approximate surface area is 409 Å². The van der Waals surface area contributed by atoms with E-state index in [9.17, 15) is 27.9 Å². The van der Waals surface area contributed by atoms with E-state index in [4.69, 9.17) is 14.9 Å². The van der Waals surface area contributed by atoms with Crippen LogP contribution in [0.25, 0.3) is 21.8 Å². The molecule has 0 unspecified atom stereocenters. The molecule has 2 amide bonds. The van der Waals surface area contributed by atoms with Gasteiger partial charge in [0.15, 0.2) is 8.32 Å². The minimum absolute atomic E-state index is 0.0115. The highest BCUT2D eigenvalue weighted by molar-refractivity contribution is 7.91. The summed E-state index contributed by atoms with van der Waals surface area (Å²) in [5.74, 6) is 5.79. The highest BCUT2D eigenvalue weighted by Gasteiger charge is 2.40. The number of fused-ring (bicyclic) bond motifs is 2. The maximum Gasteiger partial charge on any atom is 0.255 e. The average molecular weight is 979 g/mol. The third-order valence-electron chi connectivity index (χ3n) is 12.6. The molecule has 14 nitrogen and oxygen atoms in total. The van der Waals surface area contributed by atoms with E-state index in [0.29, 0.717) is 52.1 Å². The number of nitrogens with two attached hydrogens (primary N) is 1. The number of hydrogen-bond donors (Lipinski definition) is 5. The molecule has 7 rings (SSSR count). The molecule has 0 radical (unpaired) electrons. The summed E-state index contributed by atoms with van der Waals surface area (Å²) in [7, 11) is -2.84. The number of phenols is 1. The van der Waals surface area contributed by atoms with Crippen LogP contribution in [-0.4, -0.2) is 75.8 Å². The lowest BCUT2D eigenvalue weighted by molar-refractivity contribution is 0.0998. The molecule has 0 saturated heterocycles. The van der Waals surface area contributed by atoms with Crippen LogP contribution >= 0.6 is 0 Å². The number of nitrogens with one attached hydrogen (secondary N) is 3. The normalized spacial score (nSPS) is 12.4. The van der Waals surface area contributed by atoms with Gasteiger partial charge in [0.05, 0.1) is 45.3 Å². The van der Waals surface area contributed by atoms with E-state index < -0.39 is 30.0 Å². The highest BCUT2D eigenvalue weighted by atomic mass is 32.2. The zero-order valence-electron chi connectivity index (χ0n) is 40.6. The molecule has 0 aliphatic carbocycles. The number of rotatable bonds is 16. The van der Waals surface area contributed by atoms with Crippen molar-refractivity contribution in [3.63, 3.8) is 0 Å². The van der Waals surface area contributed by atoms with Crippen LogP contribution in [0.1, 0.15) is 77.1 Å². The number of ether oxygens (including phenoxy) is 1. The molecule has 16 heteroatoms. The van der Waals surface area contributed by atoms with E-state index >= 15 is 0 Å². The van der Waals surface area contributed by atoms with Crippen molar-refractivity contribution in [2.45, 2.75) is 74.6 Å². The minimum Gasteiger partial charge on any atom is -0.506 e. The number of benzene rings is 5. The van der Waals surface area contributed by atoms with Crippen LogP contribution in [0, 0.1) is 18.8 Å². The van der Waals surface area contributed by atoms with Gasteiger partial charge in [-0.2, -0.15) is 0 Å². The Morgan fingerprint density at radius 2 is 1.67 bits per heavy atom. The van der Waals surface area contributed by atoms with Crippen molar-refractivity contribution in [1.82, 2.24) is 14.9 Å². The predicted molar refractivity (Wildman–Crippen MR) is 278 cm³/mol. The predicted octanol–water partition coefficient (Wildman–Crippen LogP) is 9.85. The lowest BCUT2D eigenvalue weighted by Gasteiger charge is -2.40. The van der Waals surface area contributed by atoms with Crippen molar-refractivity contribution in [2.24, 2.45) is 5.73 Å². The summed E-state index contributed by atoms with van der Waals surface area (Å²) < 4.78 is 40.8. The second kappa shape index (κ2) is 20.7. The molecule has 70 heavy (non-hydrogen) atoms. The standard InChI is InChI=1S/C54H58N6O8SSi/c1-34-28-41(31-44-49(34)56-32-45(52(55)63)50(44)57-38-16-13-17-39(30-38)67-6)69(65,66)40-18-12-15-36(29-40)53(64)58-37-21-19-35(20-22-37)14-10-9-11-27-60(5)33-47(68-70(7,8)54(2,3)4)42-23-25-46(61)51-43(42)24-26-48(62)59-51/h12-13,15-26,28-32,47,61H,9,11,27,33H2,1-8H3,(H2,55,63)(H,56,57)(H,58,64)(H,59,62)/t47-/m0/s1. The van der Waals surface area contributed by atoms with Gasteiger partial charge < -0.3 is 40.5 Å². The van der Waals surface area contributed by atoms with Gasteiger partial charge in [-0.05, 0) is 135 Å². The number of aromatic hydroxyl groups is 1. The fraction of sp³-hybridized carbons (Fsp3) is 0.259. The number of hydrogen-bond acceptors (Lipinski definition) is 11. The van der Waals surface area contributed by atoms with Crippen LogP contribution in [0.2, 0.25) is 18.1 Å². The number of carbonyl (C=O) groups excluding carboxylic acids is 2. The number of amides is 2. The molecule has 2 aromatic heterocycles. The molecule has 0 spiro atoms. The molecule has 0 bridgehead atoms. The Hall–Kier alpha value is -7.29. The van der Waals surface area contributed by atoms with Crippen molar-refractivity contribution in [1.29, 1.82) is 0 Å². The van der Waals surface area contributed by atoms with Gasteiger partial charge >= 0.3 is 0 Å². The molecule has 6 N–H and O–H groups in total. The molecule has 0 fully saturated rings. The molecule has 0 saturated carbocycles. The number of carbonyl (C=O) groups is 2. The van der Waals surface area contributed by atoms with E-state index in [1.807, 2.05) is 25.2 Å². The van der Waals surface area contributed by atoms with Gasteiger partial charge in [0.25, 0.3) is 11.8 Å². The fourth-order valence-electron chi connectivity index (χ4n) is 7.80. The Morgan fingerprint density at radius 3 is 2.39 bits per heavy atom. The van der Waals surface area contributed by atoms with Crippen LogP contribution in [0.3, 0.4) is 0 Å². The number of aromatic nitrogens is 2. The summed E-state index contributed by atoms with van der Waals surface area (Å²) in [6.45, 7) is 14.1. The first-order chi connectivity index (χ1) is 33.1. The summed E-state index contributed by atoms with van der Waals surface area (Å²) in [4.78, 5) is 47.5. The monoisotopic (exact) mass is 978 g/mol.